The zero-order valence-corrected chi connectivity index (χ0v) is 13.4. The van der Waals surface area contributed by atoms with Crippen LogP contribution in [0, 0.1) is 5.92 Å². The average molecular weight is 311 g/mol. The monoisotopic (exact) mass is 311 g/mol. The predicted molar refractivity (Wildman–Crippen MR) is 94.5 cm³/mol. The van der Waals surface area contributed by atoms with Crippen LogP contribution in [0.4, 0.5) is 0 Å². The highest BCUT2D eigenvalue weighted by atomic mass is 14.9. The Bertz CT molecular complexity index is 676. The van der Waals surface area contributed by atoms with Crippen molar-refractivity contribution in [3.8, 4) is 0 Å². The van der Waals surface area contributed by atoms with Crippen molar-refractivity contribution >= 4 is 16.6 Å². The summed E-state index contributed by atoms with van der Waals surface area (Å²) in [4.78, 5) is 9.12. The Balaban J connectivity index is 1.62. The van der Waals surface area contributed by atoms with Crippen LogP contribution in [0.2, 0.25) is 0 Å². The molecule has 5 N–H and O–H groups in total. The van der Waals surface area contributed by atoms with Crippen LogP contribution >= 0.6 is 0 Å². The molecule has 0 spiro atoms. The van der Waals surface area contributed by atoms with E-state index in [1.807, 2.05) is 30.5 Å². The maximum atomic E-state index is 5.90. The number of fused-ring (bicyclic) bond motifs is 1. The molecule has 5 heteroatoms. The number of hydrogen-bond acceptors (Lipinski definition) is 5. The minimum absolute atomic E-state index is 0.448. The van der Waals surface area contributed by atoms with E-state index in [0.717, 1.165) is 41.2 Å². The summed E-state index contributed by atoms with van der Waals surface area (Å²) in [6.45, 7) is 1.25. The van der Waals surface area contributed by atoms with E-state index in [1.165, 1.54) is 19.3 Å². The molecule has 122 valence electrons. The van der Waals surface area contributed by atoms with E-state index < -0.39 is 0 Å². The lowest BCUT2D eigenvalue weighted by molar-refractivity contribution is 0.223. The highest BCUT2D eigenvalue weighted by molar-refractivity contribution is 5.76. The first kappa shape index (κ1) is 15.9. The molecule has 2 aromatic rings. The summed E-state index contributed by atoms with van der Waals surface area (Å²) in [5.41, 5.74) is 15.1. The molecule has 0 saturated heterocycles. The standard InChI is InChI=1S/C18H25N5/c19-7-3-4-13-8-15(9-13)21-11-14(10-20)18-12-22-16-5-1-2-6-17(16)23-18/h1-2,5-6,11-13,15,21H,3-4,7-10,19-20H2/b14-11+. The Morgan fingerprint density at radius 2 is 2.00 bits per heavy atom. The second-order valence-corrected chi connectivity index (χ2v) is 6.25. The summed E-state index contributed by atoms with van der Waals surface area (Å²) in [5.74, 6) is 0.825. The fourth-order valence-corrected chi connectivity index (χ4v) is 3.08. The summed E-state index contributed by atoms with van der Waals surface area (Å²) < 4.78 is 0. The van der Waals surface area contributed by atoms with Gasteiger partial charge in [0.1, 0.15) is 0 Å². The van der Waals surface area contributed by atoms with Gasteiger partial charge in [0.2, 0.25) is 0 Å². The topological polar surface area (TPSA) is 89.8 Å². The van der Waals surface area contributed by atoms with Gasteiger partial charge in [-0.25, -0.2) is 4.98 Å². The van der Waals surface area contributed by atoms with Gasteiger partial charge in [-0.1, -0.05) is 12.1 Å². The van der Waals surface area contributed by atoms with Crippen molar-refractivity contribution < 1.29 is 0 Å². The Kier molecular flexibility index (Phi) is 5.20. The molecule has 1 aliphatic rings. The quantitative estimate of drug-likeness (QED) is 0.728. The van der Waals surface area contributed by atoms with Gasteiger partial charge in [0, 0.05) is 24.4 Å². The number of benzene rings is 1. The molecular weight excluding hydrogens is 286 g/mol. The molecule has 1 aromatic carbocycles. The SMILES string of the molecule is NCCCC1CC(N/C=C(\CN)c2cnc3ccccc3n2)C1. The van der Waals surface area contributed by atoms with Crippen molar-refractivity contribution in [3.63, 3.8) is 0 Å². The number of aromatic nitrogens is 2. The minimum Gasteiger partial charge on any atom is -0.388 e. The average Bonchev–Trinajstić information content (AvgIpc) is 2.56. The smallest absolute Gasteiger partial charge is 0.0894 e. The molecule has 23 heavy (non-hydrogen) atoms. The van der Waals surface area contributed by atoms with Crippen LogP contribution < -0.4 is 16.8 Å². The molecule has 1 heterocycles. The Hall–Kier alpha value is -1.98. The molecule has 3 rings (SSSR count). The predicted octanol–water partition coefficient (Wildman–Crippen LogP) is 2.04. The van der Waals surface area contributed by atoms with Gasteiger partial charge in [0.05, 0.1) is 22.9 Å². The van der Waals surface area contributed by atoms with Gasteiger partial charge in [-0.15, -0.1) is 0 Å². The third kappa shape index (κ3) is 3.86. The van der Waals surface area contributed by atoms with Gasteiger partial charge in [0.15, 0.2) is 0 Å². The van der Waals surface area contributed by atoms with E-state index in [2.05, 4.69) is 15.3 Å². The van der Waals surface area contributed by atoms with Gasteiger partial charge in [-0.2, -0.15) is 0 Å². The van der Waals surface area contributed by atoms with Crippen LogP contribution in [0.1, 0.15) is 31.4 Å². The van der Waals surface area contributed by atoms with Gasteiger partial charge in [-0.3, -0.25) is 4.98 Å². The van der Waals surface area contributed by atoms with E-state index in [4.69, 9.17) is 11.5 Å². The molecule has 0 unspecified atom stereocenters. The zero-order valence-electron chi connectivity index (χ0n) is 13.4. The Labute approximate surface area is 137 Å². The molecule has 0 atom stereocenters. The Morgan fingerprint density at radius 3 is 2.74 bits per heavy atom. The molecule has 5 nitrogen and oxygen atoms in total. The van der Waals surface area contributed by atoms with Crippen molar-refractivity contribution in [3.05, 3.63) is 42.4 Å². The second kappa shape index (κ2) is 7.53. The lowest BCUT2D eigenvalue weighted by Gasteiger charge is -2.35. The van der Waals surface area contributed by atoms with Crippen LogP contribution in [0.5, 0.6) is 0 Å². The van der Waals surface area contributed by atoms with E-state index in [0.29, 0.717) is 12.6 Å². The third-order valence-electron chi connectivity index (χ3n) is 4.54. The maximum absolute atomic E-state index is 5.90. The first-order valence-corrected chi connectivity index (χ1v) is 8.37. The van der Waals surface area contributed by atoms with Gasteiger partial charge in [-0.05, 0) is 50.3 Å². The zero-order chi connectivity index (χ0) is 16.1. The first-order valence-electron chi connectivity index (χ1n) is 8.37. The fourth-order valence-electron chi connectivity index (χ4n) is 3.08. The normalized spacial score (nSPS) is 21.2. The van der Waals surface area contributed by atoms with Crippen molar-refractivity contribution in [2.75, 3.05) is 13.1 Å². The summed E-state index contributed by atoms with van der Waals surface area (Å²) >= 11 is 0. The number of nitrogens with zero attached hydrogens (tertiary/aromatic N) is 2. The first-order chi connectivity index (χ1) is 11.3. The van der Waals surface area contributed by atoms with Crippen molar-refractivity contribution in [1.29, 1.82) is 0 Å². The minimum atomic E-state index is 0.448. The molecule has 0 radical (unpaired) electrons. The number of nitrogens with one attached hydrogen (secondary N) is 1. The number of nitrogens with two attached hydrogens (primary N) is 2. The fraction of sp³-hybridized carbons (Fsp3) is 0.444. The molecule has 0 bridgehead atoms. The molecule has 1 aliphatic carbocycles. The molecule has 0 aliphatic heterocycles. The Morgan fingerprint density at radius 1 is 1.22 bits per heavy atom. The van der Waals surface area contributed by atoms with Crippen molar-refractivity contribution in [2.45, 2.75) is 31.7 Å². The summed E-state index contributed by atoms with van der Waals surface area (Å²) in [7, 11) is 0. The second-order valence-electron chi connectivity index (χ2n) is 6.25. The van der Waals surface area contributed by atoms with Crippen LogP contribution in [-0.2, 0) is 0 Å². The van der Waals surface area contributed by atoms with Crippen LogP contribution in [-0.4, -0.2) is 29.1 Å². The lowest BCUT2D eigenvalue weighted by Crippen LogP contribution is -2.39. The molecule has 1 fully saturated rings. The van der Waals surface area contributed by atoms with E-state index in [1.54, 1.807) is 6.20 Å². The molecule has 1 saturated carbocycles. The van der Waals surface area contributed by atoms with Gasteiger partial charge in [0.25, 0.3) is 0 Å². The summed E-state index contributed by atoms with van der Waals surface area (Å²) in [5, 5.41) is 3.48. The van der Waals surface area contributed by atoms with Crippen LogP contribution in [0.15, 0.2) is 36.7 Å². The number of rotatable bonds is 7. The van der Waals surface area contributed by atoms with Crippen molar-refractivity contribution in [2.24, 2.45) is 17.4 Å². The lowest BCUT2D eigenvalue weighted by atomic mass is 9.77. The van der Waals surface area contributed by atoms with Gasteiger partial charge < -0.3 is 16.8 Å². The van der Waals surface area contributed by atoms with Crippen LogP contribution in [0.25, 0.3) is 16.6 Å². The van der Waals surface area contributed by atoms with E-state index in [-0.39, 0.29) is 0 Å². The number of hydrogen-bond donors (Lipinski definition) is 3. The van der Waals surface area contributed by atoms with Gasteiger partial charge >= 0.3 is 0 Å². The van der Waals surface area contributed by atoms with Crippen LogP contribution in [0.3, 0.4) is 0 Å². The highest BCUT2D eigenvalue weighted by Crippen LogP contribution is 2.31. The highest BCUT2D eigenvalue weighted by Gasteiger charge is 2.27. The van der Waals surface area contributed by atoms with E-state index >= 15 is 0 Å². The number of para-hydroxylation sites is 2. The summed E-state index contributed by atoms with van der Waals surface area (Å²) in [6, 6.07) is 8.43. The third-order valence-corrected chi connectivity index (χ3v) is 4.54. The summed E-state index contributed by atoms with van der Waals surface area (Å²) in [6.07, 6.45) is 8.64. The molecule has 1 aromatic heterocycles. The molecular formula is C18H25N5. The largest absolute Gasteiger partial charge is 0.388 e. The van der Waals surface area contributed by atoms with E-state index in [9.17, 15) is 0 Å². The maximum Gasteiger partial charge on any atom is 0.0894 e. The van der Waals surface area contributed by atoms with Crippen molar-refractivity contribution in [1.82, 2.24) is 15.3 Å². The molecule has 0 amide bonds.